The van der Waals surface area contributed by atoms with Crippen LogP contribution in [0.3, 0.4) is 0 Å². The number of nitrogens with one attached hydrogen (secondary N) is 1. The molecule has 0 aliphatic carbocycles. The van der Waals surface area contributed by atoms with Gasteiger partial charge in [0.15, 0.2) is 0 Å². The normalized spacial score (nSPS) is 10.8. The summed E-state index contributed by atoms with van der Waals surface area (Å²) >= 11 is 9.30. The topological polar surface area (TPSA) is 63.8 Å². The van der Waals surface area contributed by atoms with Gasteiger partial charge in [0.05, 0.1) is 9.77 Å². The number of pyridine rings is 1. The van der Waals surface area contributed by atoms with Crippen LogP contribution < -0.4 is 5.32 Å². The van der Waals surface area contributed by atoms with Crippen molar-refractivity contribution in [1.82, 2.24) is 15.2 Å². The summed E-state index contributed by atoms with van der Waals surface area (Å²) in [5, 5.41) is 14.0. The van der Waals surface area contributed by atoms with E-state index in [0.29, 0.717) is 16.9 Å². The van der Waals surface area contributed by atoms with E-state index < -0.39 is 0 Å². The number of aromatic nitrogens is 3. The van der Waals surface area contributed by atoms with Crippen molar-refractivity contribution in [2.75, 3.05) is 5.32 Å². The van der Waals surface area contributed by atoms with E-state index >= 15 is 0 Å². The summed E-state index contributed by atoms with van der Waals surface area (Å²) in [5.74, 6) is 1.36. The van der Waals surface area contributed by atoms with Gasteiger partial charge in [-0.05, 0) is 53.4 Å². The molecule has 0 radical (unpaired) electrons. The Balaban J connectivity index is 1.47. The van der Waals surface area contributed by atoms with Gasteiger partial charge in [-0.15, -0.1) is 28.2 Å². The smallest absolute Gasteiger partial charge is 0.320 e. The zero-order valence-corrected chi connectivity index (χ0v) is 15.8. The highest BCUT2D eigenvalue weighted by Gasteiger charge is 2.15. The van der Waals surface area contributed by atoms with Crippen molar-refractivity contribution in [3.05, 3.63) is 70.8 Å². The van der Waals surface area contributed by atoms with E-state index in [-0.39, 0.29) is 0 Å². The predicted molar refractivity (Wildman–Crippen MR) is 106 cm³/mol. The predicted octanol–water partition coefficient (Wildman–Crippen LogP) is 5.88. The van der Waals surface area contributed by atoms with Crippen molar-refractivity contribution in [2.45, 2.75) is 9.96 Å². The lowest BCUT2D eigenvalue weighted by Gasteiger charge is -2.02. The first-order valence-corrected chi connectivity index (χ1v) is 9.98. The molecule has 0 saturated heterocycles. The number of nitrogens with zero attached hydrogens (tertiary/aromatic N) is 3. The average molecular weight is 401 g/mol. The molecule has 0 unspecified atom stereocenters. The van der Waals surface area contributed by atoms with Gasteiger partial charge in [0, 0.05) is 28.9 Å². The maximum absolute atomic E-state index is 5.89. The van der Waals surface area contributed by atoms with Crippen molar-refractivity contribution in [1.29, 1.82) is 0 Å². The van der Waals surface area contributed by atoms with Crippen LogP contribution in [0, 0.1) is 0 Å². The van der Waals surface area contributed by atoms with Crippen molar-refractivity contribution in [2.24, 2.45) is 0 Å². The third-order valence-corrected chi connectivity index (χ3v) is 6.06. The molecule has 0 bridgehead atoms. The van der Waals surface area contributed by atoms with E-state index in [1.165, 1.54) is 5.56 Å². The minimum Gasteiger partial charge on any atom is -0.403 e. The van der Waals surface area contributed by atoms with Crippen LogP contribution in [0.1, 0.15) is 5.56 Å². The van der Waals surface area contributed by atoms with Gasteiger partial charge < -0.3 is 9.73 Å². The van der Waals surface area contributed by atoms with Gasteiger partial charge in [-0.3, -0.25) is 4.98 Å². The SMILES string of the molecule is Clc1ccc(Nc2nnc(-c3ccsc3SCc3ccncc3)o2)cc1. The minimum absolute atomic E-state index is 0.346. The second-order valence-electron chi connectivity index (χ2n) is 5.31. The summed E-state index contributed by atoms with van der Waals surface area (Å²) in [6, 6.07) is 13.7. The first-order valence-electron chi connectivity index (χ1n) is 7.73. The molecule has 8 heteroatoms. The summed E-state index contributed by atoms with van der Waals surface area (Å²) in [5.41, 5.74) is 3.01. The van der Waals surface area contributed by atoms with Crippen molar-refractivity contribution < 1.29 is 4.42 Å². The third-order valence-electron chi connectivity index (χ3n) is 3.50. The lowest BCUT2D eigenvalue weighted by molar-refractivity contribution is 0.587. The molecule has 3 heterocycles. The molecule has 0 saturated carbocycles. The highest BCUT2D eigenvalue weighted by Crippen LogP contribution is 2.37. The molecule has 0 amide bonds. The van der Waals surface area contributed by atoms with Crippen LogP contribution in [0.5, 0.6) is 0 Å². The van der Waals surface area contributed by atoms with Crippen molar-refractivity contribution in [3.8, 4) is 11.5 Å². The highest BCUT2D eigenvalue weighted by molar-refractivity contribution is 8.00. The Labute approximate surface area is 163 Å². The Morgan fingerprint density at radius 2 is 1.85 bits per heavy atom. The number of benzene rings is 1. The molecule has 1 aromatic carbocycles. The third kappa shape index (κ3) is 4.07. The van der Waals surface area contributed by atoms with Crippen LogP contribution in [0.25, 0.3) is 11.5 Å². The van der Waals surface area contributed by atoms with Gasteiger partial charge in [0.2, 0.25) is 0 Å². The van der Waals surface area contributed by atoms with Crippen LogP contribution in [-0.4, -0.2) is 15.2 Å². The second-order valence-corrected chi connectivity index (χ2v) is 7.91. The van der Waals surface area contributed by atoms with Gasteiger partial charge in [0.1, 0.15) is 0 Å². The Bertz CT molecular complexity index is 986. The molecule has 130 valence electrons. The molecule has 4 aromatic rings. The number of hydrogen-bond acceptors (Lipinski definition) is 7. The molecule has 0 aliphatic rings. The van der Waals surface area contributed by atoms with E-state index in [9.17, 15) is 0 Å². The van der Waals surface area contributed by atoms with Gasteiger partial charge in [0.25, 0.3) is 5.89 Å². The van der Waals surface area contributed by atoms with Gasteiger partial charge in [-0.25, -0.2) is 0 Å². The lowest BCUT2D eigenvalue weighted by atomic mass is 10.3. The van der Waals surface area contributed by atoms with Crippen LogP contribution in [-0.2, 0) is 5.75 Å². The number of halogens is 1. The summed E-state index contributed by atoms with van der Waals surface area (Å²) in [6.45, 7) is 0. The molecule has 26 heavy (non-hydrogen) atoms. The zero-order valence-electron chi connectivity index (χ0n) is 13.4. The highest BCUT2D eigenvalue weighted by atomic mass is 35.5. The Hall–Kier alpha value is -2.35. The fourth-order valence-corrected chi connectivity index (χ4v) is 4.39. The molecule has 0 aliphatic heterocycles. The molecular weight excluding hydrogens is 388 g/mol. The number of thiophene rings is 1. The number of anilines is 2. The fraction of sp³-hybridized carbons (Fsp3) is 0.0556. The van der Waals surface area contributed by atoms with Crippen LogP contribution in [0.15, 0.2) is 68.9 Å². The number of rotatable bonds is 6. The van der Waals surface area contributed by atoms with Gasteiger partial charge >= 0.3 is 6.01 Å². The Kier molecular flexibility index (Phi) is 5.19. The van der Waals surface area contributed by atoms with E-state index in [4.69, 9.17) is 16.0 Å². The zero-order chi connectivity index (χ0) is 17.8. The van der Waals surface area contributed by atoms with E-state index in [1.807, 2.05) is 35.7 Å². The first kappa shape index (κ1) is 17.1. The van der Waals surface area contributed by atoms with E-state index in [0.717, 1.165) is 21.2 Å². The lowest BCUT2D eigenvalue weighted by Crippen LogP contribution is -1.89. The fourth-order valence-electron chi connectivity index (χ4n) is 2.23. The van der Waals surface area contributed by atoms with Crippen LogP contribution in [0.2, 0.25) is 5.02 Å². The van der Waals surface area contributed by atoms with Crippen molar-refractivity contribution >= 4 is 46.4 Å². The molecule has 5 nitrogen and oxygen atoms in total. The molecule has 1 N–H and O–H groups in total. The summed E-state index contributed by atoms with van der Waals surface area (Å²) in [6.07, 6.45) is 3.61. The standard InChI is InChI=1S/C18H13ClN4OS2/c19-13-1-3-14(4-2-13)21-18-23-22-16(24-18)15-7-10-25-17(15)26-11-12-5-8-20-9-6-12/h1-10H,11H2,(H,21,23). The maximum atomic E-state index is 5.89. The summed E-state index contributed by atoms with van der Waals surface area (Å²) in [7, 11) is 0. The van der Waals surface area contributed by atoms with Crippen LogP contribution >= 0.6 is 34.7 Å². The van der Waals surface area contributed by atoms with Gasteiger partial charge in [-0.1, -0.05) is 16.7 Å². The monoisotopic (exact) mass is 400 g/mol. The summed E-state index contributed by atoms with van der Waals surface area (Å²) in [4.78, 5) is 4.04. The first-order chi connectivity index (χ1) is 12.8. The number of hydrogen-bond donors (Lipinski definition) is 1. The molecule has 0 atom stereocenters. The molecule has 3 aromatic heterocycles. The minimum atomic E-state index is 0.346. The Morgan fingerprint density at radius 1 is 1.04 bits per heavy atom. The van der Waals surface area contributed by atoms with Gasteiger partial charge in [-0.2, -0.15) is 0 Å². The van der Waals surface area contributed by atoms with Crippen molar-refractivity contribution in [3.63, 3.8) is 0 Å². The maximum Gasteiger partial charge on any atom is 0.320 e. The number of thioether (sulfide) groups is 1. The second kappa shape index (κ2) is 7.90. The van der Waals surface area contributed by atoms with Crippen LogP contribution in [0.4, 0.5) is 11.7 Å². The van der Waals surface area contributed by atoms with E-state index in [1.54, 1.807) is 47.6 Å². The molecular formula is C18H13ClN4OS2. The quantitative estimate of drug-likeness (QED) is 0.407. The molecule has 4 rings (SSSR count). The van der Waals surface area contributed by atoms with E-state index in [2.05, 4.69) is 20.5 Å². The average Bonchev–Trinajstić information content (AvgIpc) is 3.32. The molecule has 0 fully saturated rings. The largest absolute Gasteiger partial charge is 0.403 e. The summed E-state index contributed by atoms with van der Waals surface area (Å²) < 4.78 is 6.91. The Morgan fingerprint density at radius 3 is 2.65 bits per heavy atom. The molecule has 0 spiro atoms.